The SMILES string of the molecule is FC(F)(F)c1ncc(N2CCC3(CC3)C(F)(F)C2)nc1Cl. The van der Waals surface area contributed by atoms with Crippen molar-refractivity contribution in [3.05, 3.63) is 17.0 Å². The van der Waals surface area contributed by atoms with Crippen molar-refractivity contribution in [3.63, 3.8) is 0 Å². The predicted octanol–water partition coefficient (Wildman–Crippen LogP) is 3.77. The smallest absolute Gasteiger partial charge is 0.349 e. The van der Waals surface area contributed by atoms with E-state index in [0.717, 1.165) is 6.20 Å². The molecule has 0 bridgehead atoms. The molecule has 0 N–H and O–H groups in total. The van der Waals surface area contributed by atoms with Gasteiger partial charge in [-0.15, -0.1) is 0 Å². The first-order chi connectivity index (χ1) is 9.65. The largest absolute Gasteiger partial charge is 0.436 e. The maximum Gasteiger partial charge on any atom is 0.436 e. The van der Waals surface area contributed by atoms with Crippen molar-refractivity contribution in [2.75, 3.05) is 18.0 Å². The van der Waals surface area contributed by atoms with Gasteiger partial charge in [0.25, 0.3) is 5.92 Å². The van der Waals surface area contributed by atoms with E-state index in [2.05, 4.69) is 9.97 Å². The van der Waals surface area contributed by atoms with Crippen molar-refractivity contribution < 1.29 is 22.0 Å². The molecule has 1 aliphatic heterocycles. The zero-order valence-corrected chi connectivity index (χ0v) is 11.5. The molecular formula is C12H11ClF5N3. The van der Waals surface area contributed by atoms with Gasteiger partial charge in [-0.05, 0) is 19.3 Å². The minimum absolute atomic E-state index is 0.0526. The van der Waals surface area contributed by atoms with E-state index in [1.54, 1.807) is 0 Å². The Bertz CT molecular complexity index is 571. The van der Waals surface area contributed by atoms with Crippen LogP contribution in [0.2, 0.25) is 5.15 Å². The average molecular weight is 328 g/mol. The Morgan fingerprint density at radius 1 is 1.19 bits per heavy atom. The number of halogens is 6. The van der Waals surface area contributed by atoms with Crippen LogP contribution in [-0.4, -0.2) is 29.0 Å². The average Bonchev–Trinajstić information content (AvgIpc) is 3.13. The Balaban J connectivity index is 1.84. The van der Waals surface area contributed by atoms with Crippen LogP contribution in [0.1, 0.15) is 25.0 Å². The maximum atomic E-state index is 14.0. The molecule has 0 radical (unpaired) electrons. The standard InChI is InChI=1S/C12H11ClF5N3/c13-9-8(12(16,17)18)19-5-7(20-9)21-4-3-10(1-2-10)11(14,15)6-21/h5H,1-4,6H2. The van der Waals surface area contributed by atoms with Crippen molar-refractivity contribution in [1.82, 2.24) is 9.97 Å². The molecule has 3 nitrogen and oxygen atoms in total. The first kappa shape index (κ1) is 14.7. The van der Waals surface area contributed by atoms with Crippen LogP contribution in [0, 0.1) is 5.41 Å². The summed E-state index contributed by atoms with van der Waals surface area (Å²) >= 11 is 5.46. The van der Waals surface area contributed by atoms with Crippen LogP contribution < -0.4 is 4.90 Å². The Kier molecular flexibility index (Phi) is 3.10. The first-order valence-electron chi connectivity index (χ1n) is 6.37. The highest BCUT2D eigenvalue weighted by molar-refractivity contribution is 6.30. The molecule has 21 heavy (non-hydrogen) atoms. The molecule has 9 heteroatoms. The normalized spacial score (nSPS) is 23.4. The fourth-order valence-corrected chi connectivity index (χ4v) is 2.92. The third-order valence-corrected chi connectivity index (χ3v) is 4.45. The third-order valence-electron chi connectivity index (χ3n) is 4.19. The summed E-state index contributed by atoms with van der Waals surface area (Å²) in [6.07, 6.45) is -2.59. The molecule has 3 rings (SSSR count). The molecule has 1 spiro atoms. The molecule has 0 atom stereocenters. The summed E-state index contributed by atoms with van der Waals surface area (Å²) in [6, 6.07) is 0. The molecule has 1 aliphatic carbocycles. The van der Waals surface area contributed by atoms with Gasteiger partial charge >= 0.3 is 6.18 Å². The number of anilines is 1. The van der Waals surface area contributed by atoms with Crippen LogP contribution in [0.15, 0.2) is 6.20 Å². The Labute approximate surface area is 122 Å². The first-order valence-corrected chi connectivity index (χ1v) is 6.75. The van der Waals surface area contributed by atoms with E-state index < -0.39 is 34.9 Å². The van der Waals surface area contributed by atoms with E-state index in [1.807, 2.05) is 0 Å². The van der Waals surface area contributed by atoms with E-state index in [1.165, 1.54) is 4.90 Å². The highest BCUT2D eigenvalue weighted by Gasteiger charge is 2.63. The minimum atomic E-state index is -4.72. The quantitative estimate of drug-likeness (QED) is 0.735. The molecule has 0 aromatic carbocycles. The highest BCUT2D eigenvalue weighted by Crippen LogP contribution is 2.61. The van der Waals surface area contributed by atoms with Crippen LogP contribution >= 0.6 is 11.6 Å². The van der Waals surface area contributed by atoms with Gasteiger partial charge in [0, 0.05) is 12.0 Å². The number of hydrogen-bond acceptors (Lipinski definition) is 3. The minimum Gasteiger partial charge on any atom is -0.349 e. The van der Waals surface area contributed by atoms with Crippen LogP contribution in [0.3, 0.4) is 0 Å². The van der Waals surface area contributed by atoms with Crippen LogP contribution in [0.4, 0.5) is 27.8 Å². The van der Waals surface area contributed by atoms with Gasteiger partial charge in [0.15, 0.2) is 10.8 Å². The topological polar surface area (TPSA) is 29.0 Å². The van der Waals surface area contributed by atoms with Gasteiger partial charge < -0.3 is 4.90 Å². The van der Waals surface area contributed by atoms with Gasteiger partial charge in [-0.1, -0.05) is 11.6 Å². The van der Waals surface area contributed by atoms with Gasteiger partial charge in [0.05, 0.1) is 12.7 Å². The molecule has 2 heterocycles. The fraction of sp³-hybridized carbons (Fsp3) is 0.667. The molecule has 0 amide bonds. The van der Waals surface area contributed by atoms with E-state index in [-0.39, 0.29) is 5.82 Å². The van der Waals surface area contributed by atoms with Crippen LogP contribution in [0.25, 0.3) is 0 Å². The predicted molar refractivity (Wildman–Crippen MR) is 65.5 cm³/mol. The van der Waals surface area contributed by atoms with Crippen molar-refractivity contribution >= 4 is 17.4 Å². The lowest BCUT2D eigenvalue weighted by atomic mass is 9.89. The molecular weight excluding hydrogens is 317 g/mol. The second-order valence-electron chi connectivity index (χ2n) is 5.52. The summed E-state index contributed by atoms with van der Waals surface area (Å²) in [7, 11) is 0. The number of nitrogens with zero attached hydrogens (tertiary/aromatic N) is 3. The number of piperidine rings is 1. The van der Waals surface area contributed by atoms with Gasteiger partial charge in [-0.3, -0.25) is 0 Å². The van der Waals surface area contributed by atoms with Crippen molar-refractivity contribution in [2.24, 2.45) is 5.41 Å². The third kappa shape index (κ3) is 2.43. The summed E-state index contributed by atoms with van der Waals surface area (Å²) in [5, 5.41) is -0.824. The molecule has 1 aromatic heterocycles. The number of aromatic nitrogens is 2. The van der Waals surface area contributed by atoms with E-state index in [9.17, 15) is 22.0 Å². The molecule has 1 aromatic rings. The van der Waals surface area contributed by atoms with E-state index in [4.69, 9.17) is 11.6 Å². The zero-order chi connectivity index (χ0) is 15.5. The molecule has 116 valence electrons. The lowest BCUT2D eigenvalue weighted by molar-refractivity contribution is -0.141. The van der Waals surface area contributed by atoms with E-state index in [0.29, 0.717) is 25.8 Å². The maximum absolute atomic E-state index is 14.0. The van der Waals surface area contributed by atoms with Gasteiger partial charge in [0.2, 0.25) is 0 Å². The van der Waals surface area contributed by atoms with Crippen LogP contribution in [-0.2, 0) is 6.18 Å². The van der Waals surface area contributed by atoms with E-state index >= 15 is 0 Å². The van der Waals surface area contributed by atoms with Crippen molar-refractivity contribution in [3.8, 4) is 0 Å². The summed E-state index contributed by atoms with van der Waals surface area (Å²) in [5.41, 5.74) is -2.23. The Hall–Kier alpha value is -1.18. The highest BCUT2D eigenvalue weighted by atomic mass is 35.5. The van der Waals surface area contributed by atoms with Crippen molar-refractivity contribution in [2.45, 2.75) is 31.4 Å². The van der Waals surface area contributed by atoms with Gasteiger partial charge in [-0.2, -0.15) is 13.2 Å². The lowest BCUT2D eigenvalue weighted by Crippen LogP contribution is -2.50. The second kappa shape index (κ2) is 4.41. The summed E-state index contributed by atoms with van der Waals surface area (Å²) in [6.45, 7) is -0.255. The monoisotopic (exact) mass is 327 g/mol. The van der Waals surface area contributed by atoms with Gasteiger partial charge in [-0.25, -0.2) is 18.7 Å². The van der Waals surface area contributed by atoms with Gasteiger partial charge in [0.1, 0.15) is 5.82 Å². The van der Waals surface area contributed by atoms with Crippen molar-refractivity contribution in [1.29, 1.82) is 0 Å². The molecule has 1 saturated carbocycles. The lowest BCUT2D eigenvalue weighted by Gasteiger charge is -2.39. The molecule has 0 unspecified atom stereocenters. The Morgan fingerprint density at radius 3 is 2.33 bits per heavy atom. The number of rotatable bonds is 1. The zero-order valence-electron chi connectivity index (χ0n) is 10.7. The fourth-order valence-electron chi connectivity index (χ4n) is 2.68. The second-order valence-corrected chi connectivity index (χ2v) is 5.88. The Morgan fingerprint density at radius 2 is 1.86 bits per heavy atom. The van der Waals surface area contributed by atoms with Crippen LogP contribution in [0.5, 0.6) is 0 Å². The summed E-state index contributed by atoms with van der Waals surface area (Å²) < 4.78 is 65.7. The molecule has 1 saturated heterocycles. The number of hydrogen-bond donors (Lipinski definition) is 0. The summed E-state index contributed by atoms with van der Waals surface area (Å²) in [5.74, 6) is -2.93. The summed E-state index contributed by atoms with van der Waals surface area (Å²) in [4.78, 5) is 8.03. The number of alkyl halides is 5. The molecule has 2 aliphatic rings. The molecule has 2 fully saturated rings.